The summed E-state index contributed by atoms with van der Waals surface area (Å²) in [7, 11) is 0. The molecule has 0 fully saturated rings. The Morgan fingerprint density at radius 3 is 2.28 bits per heavy atom. The second-order valence-corrected chi connectivity index (χ2v) is 6.21. The van der Waals surface area contributed by atoms with Gasteiger partial charge in [-0.05, 0) is 36.8 Å². The molecule has 0 amide bonds. The summed E-state index contributed by atoms with van der Waals surface area (Å²) in [5.74, 6) is 0. The van der Waals surface area contributed by atoms with Gasteiger partial charge in [-0.25, -0.2) is 0 Å². The van der Waals surface area contributed by atoms with Crippen LogP contribution in [0.15, 0.2) is 30.3 Å². The Kier molecular flexibility index (Phi) is 6.42. The molecule has 0 heterocycles. The Morgan fingerprint density at radius 1 is 1.06 bits per heavy atom. The smallest absolute Gasteiger partial charge is 0.0115 e. The molecule has 0 radical (unpaired) electrons. The maximum Gasteiger partial charge on any atom is 0.0115 e. The lowest BCUT2D eigenvalue weighted by Gasteiger charge is -2.31. The molecule has 0 aliphatic heterocycles. The van der Waals surface area contributed by atoms with Crippen LogP contribution in [-0.4, -0.2) is 12.6 Å². The third-order valence-electron chi connectivity index (χ3n) is 3.55. The molecule has 1 rings (SSSR count). The predicted octanol–water partition coefficient (Wildman–Crippen LogP) is 4.42. The summed E-state index contributed by atoms with van der Waals surface area (Å²) < 4.78 is 0. The molecule has 1 heteroatoms. The van der Waals surface area contributed by atoms with Gasteiger partial charge in [0.2, 0.25) is 0 Å². The summed E-state index contributed by atoms with van der Waals surface area (Å²) in [6.45, 7) is 10.3. The lowest BCUT2D eigenvalue weighted by molar-refractivity contribution is 0.253. The van der Waals surface area contributed by atoms with Crippen LogP contribution < -0.4 is 5.32 Å². The number of unbranched alkanes of at least 4 members (excludes halogenated alkanes) is 1. The summed E-state index contributed by atoms with van der Waals surface area (Å²) in [4.78, 5) is 0. The number of nitrogens with one attached hydrogen (secondary N) is 1. The fourth-order valence-electron chi connectivity index (χ4n) is 2.41. The van der Waals surface area contributed by atoms with Crippen LogP contribution >= 0.6 is 0 Å². The Balaban J connectivity index is 2.27. The van der Waals surface area contributed by atoms with E-state index in [1.54, 1.807) is 0 Å². The van der Waals surface area contributed by atoms with E-state index in [0.29, 0.717) is 11.5 Å². The van der Waals surface area contributed by atoms with Gasteiger partial charge >= 0.3 is 0 Å². The van der Waals surface area contributed by atoms with Gasteiger partial charge in [0.25, 0.3) is 0 Å². The molecule has 0 aliphatic rings. The third kappa shape index (κ3) is 5.68. The van der Waals surface area contributed by atoms with Crippen LogP contribution in [0.2, 0.25) is 0 Å². The van der Waals surface area contributed by atoms with Crippen LogP contribution in [0, 0.1) is 5.41 Å². The fraction of sp³-hybridized carbons (Fsp3) is 0.647. The Labute approximate surface area is 113 Å². The van der Waals surface area contributed by atoms with Crippen molar-refractivity contribution >= 4 is 0 Å². The molecule has 1 aromatic rings. The lowest BCUT2D eigenvalue weighted by atomic mass is 9.83. The van der Waals surface area contributed by atoms with Crippen LogP contribution in [0.3, 0.4) is 0 Å². The highest BCUT2D eigenvalue weighted by molar-refractivity contribution is 5.14. The molecule has 1 nitrogen and oxygen atoms in total. The monoisotopic (exact) mass is 247 g/mol. The lowest BCUT2D eigenvalue weighted by Crippen LogP contribution is -2.40. The van der Waals surface area contributed by atoms with E-state index in [1.165, 1.54) is 31.2 Å². The summed E-state index contributed by atoms with van der Waals surface area (Å²) >= 11 is 0. The molecule has 0 saturated heterocycles. The predicted molar refractivity (Wildman–Crippen MR) is 80.9 cm³/mol. The summed E-state index contributed by atoms with van der Waals surface area (Å²) in [5.41, 5.74) is 1.83. The van der Waals surface area contributed by atoms with Gasteiger partial charge in [0.1, 0.15) is 0 Å². The van der Waals surface area contributed by atoms with Crippen LogP contribution in [-0.2, 0) is 6.42 Å². The number of hydrogen-bond donors (Lipinski definition) is 1. The van der Waals surface area contributed by atoms with Crippen LogP contribution in [0.1, 0.15) is 52.5 Å². The van der Waals surface area contributed by atoms with Gasteiger partial charge in [0, 0.05) is 6.04 Å². The molecule has 0 aliphatic carbocycles. The first-order valence-corrected chi connectivity index (χ1v) is 7.31. The molecular weight excluding hydrogens is 218 g/mol. The third-order valence-corrected chi connectivity index (χ3v) is 3.55. The normalized spacial score (nSPS) is 13.6. The van der Waals surface area contributed by atoms with Gasteiger partial charge in [-0.2, -0.15) is 0 Å². The zero-order valence-corrected chi connectivity index (χ0v) is 12.5. The van der Waals surface area contributed by atoms with E-state index >= 15 is 0 Å². The molecule has 1 atom stereocenters. The Morgan fingerprint density at radius 2 is 1.72 bits per heavy atom. The molecular formula is C17H29N. The summed E-state index contributed by atoms with van der Waals surface area (Å²) in [6.07, 6.45) is 5.10. The van der Waals surface area contributed by atoms with Crippen LogP contribution in [0.4, 0.5) is 0 Å². The first-order valence-electron chi connectivity index (χ1n) is 7.31. The van der Waals surface area contributed by atoms with Crippen LogP contribution in [0.25, 0.3) is 0 Å². The maximum atomic E-state index is 3.62. The van der Waals surface area contributed by atoms with Crippen molar-refractivity contribution in [1.29, 1.82) is 0 Å². The zero-order chi connectivity index (χ0) is 13.4. The van der Waals surface area contributed by atoms with Gasteiger partial charge in [0.15, 0.2) is 0 Å². The van der Waals surface area contributed by atoms with Gasteiger partial charge in [0.05, 0.1) is 0 Å². The molecule has 0 saturated carbocycles. The summed E-state index contributed by atoms with van der Waals surface area (Å²) in [6, 6.07) is 11.4. The second kappa shape index (κ2) is 7.58. The van der Waals surface area contributed by atoms with Crippen molar-refractivity contribution < 1.29 is 0 Å². The van der Waals surface area contributed by atoms with Crippen molar-refractivity contribution in [1.82, 2.24) is 5.32 Å². The molecule has 0 spiro atoms. The van der Waals surface area contributed by atoms with Gasteiger partial charge in [-0.3, -0.25) is 0 Å². The number of hydrogen-bond acceptors (Lipinski definition) is 1. The largest absolute Gasteiger partial charge is 0.314 e. The van der Waals surface area contributed by atoms with Crippen LogP contribution in [0.5, 0.6) is 0 Å². The minimum absolute atomic E-state index is 0.364. The standard InChI is InChI=1S/C17H29N/c1-5-18-16(17(2,3)4)14-10-9-13-15-11-7-6-8-12-15/h6-8,11-12,16,18H,5,9-10,13-14H2,1-4H3. The number of rotatable bonds is 7. The zero-order valence-electron chi connectivity index (χ0n) is 12.5. The van der Waals surface area contributed by atoms with E-state index in [-0.39, 0.29) is 0 Å². The molecule has 102 valence electrons. The topological polar surface area (TPSA) is 12.0 Å². The first-order chi connectivity index (χ1) is 8.54. The van der Waals surface area contributed by atoms with Crippen molar-refractivity contribution in [3.8, 4) is 0 Å². The maximum absolute atomic E-state index is 3.62. The highest BCUT2D eigenvalue weighted by atomic mass is 14.9. The van der Waals surface area contributed by atoms with E-state index < -0.39 is 0 Å². The second-order valence-electron chi connectivity index (χ2n) is 6.21. The quantitative estimate of drug-likeness (QED) is 0.703. The minimum Gasteiger partial charge on any atom is -0.314 e. The highest BCUT2D eigenvalue weighted by Crippen LogP contribution is 2.23. The molecule has 0 aromatic heterocycles. The SMILES string of the molecule is CCNC(CCCCc1ccccc1)C(C)(C)C. The van der Waals surface area contributed by atoms with Crippen molar-refractivity contribution in [3.05, 3.63) is 35.9 Å². The molecule has 1 N–H and O–H groups in total. The van der Waals surface area contributed by atoms with E-state index in [9.17, 15) is 0 Å². The molecule has 1 aromatic carbocycles. The average Bonchev–Trinajstić information content (AvgIpc) is 2.33. The molecule has 0 bridgehead atoms. The van der Waals surface area contributed by atoms with E-state index in [1.807, 2.05) is 0 Å². The van der Waals surface area contributed by atoms with Crippen molar-refractivity contribution in [3.63, 3.8) is 0 Å². The molecule has 18 heavy (non-hydrogen) atoms. The molecule has 1 unspecified atom stereocenters. The average molecular weight is 247 g/mol. The minimum atomic E-state index is 0.364. The van der Waals surface area contributed by atoms with Gasteiger partial charge in [-0.1, -0.05) is 64.4 Å². The van der Waals surface area contributed by atoms with E-state index in [0.717, 1.165) is 6.54 Å². The Hall–Kier alpha value is -0.820. The van der Waals surface area contributed by atoms with Gasteiger partial charge in [-0.15, -0.1) is 0 Å². The number of aryl methyl sites for hydroxylation is 1. The fourth-order valence-corrected chi connectivity index (χ4v) is 2.41. The summed E-state index contributed by atoms with van der Waals surface area (Å²) in [5, 5.41) is 3.62. The number of benzene rings is 1. The first kappa shape index (κ1) is 15.2. The van der Waals surface area contributed by atoms with Crippen molar-refractivity contribution in [2.45, 2.75) is 59.4 Å². The Bertz CT molecular complexity index is 310. The van der Waals surface area contributed by atoms with E-state index in [2.05, 4.69) is 63.3 Å². The van der Waals surface area contributed by atoms with E-state index in [4.69, 9.17) is 0 Å². The van der Waals surface area contributed by atoms with Gasteiger partial charge < -0.3 is 5.32 Å². The van der Waals surface area contributed by atoms with Crippen molar-refractivity contribution in [2.75, 3.05) is 6.54 Å². The highest BCUT2D eigenvalue weighted by Gasteiger charge is 2.22. The van der Waals surface area contributed by atoms with Crippen molar-refractivity contribution in [2.24, 2.45) is 5.41 Å².